The lowest BCUT2D eigenvalue weighted by atomic mass is 10.4. The van der Waals surface area contributed by atoms with Crippen molar-refractivity contribution in [1.29, 1.82) is 0 Å². The third-order valence-electron chi connectivity index (χ3n) is 2.22. The molecule has 7 nitrogen and oxygen atoms in total. The maximum Gasteiger partial charge on any atom is 0.291 e. The fraction of sp³-hybridized carbons (Fsp3) is 0.571. The van der Waals surface area contributed by atoms with Crippen LogP contribution in [-0.4, -0.2) is 40.0 Å². The second-order valence-electron chi connectivity index (χ2n) is 3.48. The van der Waals surface area contributed by atoms with E-state index in [0.29, 0.717) is 6.42 Å². The quantitative estimate of drug-likeness (QED) is 0.655. The van der Waals surface area contributed by atoms with E-state index in [4.69, 9.17) is 5.84 Å². The minimum Gasteiger partial charge on any atom is -0.334 e. The van der Waals surface area contributed by atoms with Crippen molar-refractivity contribution in [2.24, 2.45) is 0 Å². The van der Waals surface area contributed by atoms with E-state index in [1.807, 2.05) is 0 Å². The van der Waals surface area contributed by atoms with Crippen molar-refractivity contribution in [3.63, 3.8) is 0 Å². The normalized spacial score (nSPS) is 23.4. The summed E-state index contributed by atoms with van der Waals surface area (Å²) in [5.74, 6) is 5.74. The predicted octanol–water partition coefficient (Wildman–Crippen LogP) is -1.37. The van der Waals surface area contributed by atoms with Gasteiger partial charge in [-0.2, -0.15) is 9.77 Å². The number of hydrogen-bond acceptors (Lipinski definition) is 7. The SMILES string of the molecule is Nn1c(S[C@H]2CCS(=O)(=O)C2)nncc1=O. The molecule has 1 fully saturated rings. The summed E-state index contributed by atoms with van der Waals surface area (Å²) in [6, 6.07) is 0. The zero-order chi connectivity index (χ0) is 11.8. The molecule has 2 rings (SSSR count). The molecule has 0 amide bonds. The Hall–Kier alpha value is -1.09. The zero-order valence-corrected chi connectivity index (χ0v) is 9.87. The van der Waals surface area contributed by atoms with Crippen molar-refractivity contribution in [1.82, 2.24) is 14.9 Å². The molecule has 0 saturated carbocycles. The van der Waals surface area contributed by atoms with Crippen LogP contribution in [0.1, 0.15) is 6.42 Å². The van der Waals surface area contributed by atoms with Crippen LogP contribution in [-0.2, 0) is 9.84 Å². The summed E-state index contributed by atoms with van der Waals surface area (Å²) in [4.78, 5) is 11.1. The molecule has 16 heavy (non-hydrogen) atoms. The van der Waals surface area contributed by atoms with E-state index >= 15 is 0 Å². The number of nitrogens with zero attached hydrogens (tertiary/aromatic N) is 3. The topological polar surface area (TPSA) is 108 Å². The van der Waals surface area contributed by atoms with Crippen LogP contribution in [0.3, 0.4) is 0 Å². The first-order chi connectivity index (χ1) is 7.48. The Morgan fingerprint density at radius 1 is 1.56 bits per heavy atom. The van der Waals surface area contributed by atoms with Gasteiger partial charge in [-0.25, -0.2) is 8.42 Å². The van der Waals surface area contributed by atoms with Gasteiger partial charge in [0.25, 0.3) is 5.56 Å². The average Bonchev–Trinajstić information content (AvgIpc) is 2.53. The average molecular weight is 262 g/mol. The molecular weight excluding hydrogens is 252 g/mol. The Bertz CT molecular complexity index is 553. The van der Waals surface area contributed by atoms with Crippen LogP contribution in [0.25, 0.3) is 0 Å². The molecule has 1 atom stereocenters. The van der Waals surface area contributed by atoms with E-state index in [0.717, 1.165) is 10.9 Å². The number of sulfone groups is 1. The predicted molar refractivity (Wildman–Crippen MR) is 59.4 cm³/mol. The lowest BCUT2D eigenvalue weighted by Gasteiger charge is -2.08. The molecule has 1 saturated heterocycles. The molecule has 1 aromatic rings. The second kappa shape index (κ2) is 4.06. The van der Waals surface area contributed by atoms with E-state index in [9.17, 15) is 13.2 Å². The molecule has 9 heteroatoms. The lowest BCUT2D eigenvalue weighted by molar-refractivity contribution is 0.602. The molecule has 0 spiro atoms. The van der Waals surface area contributed by atoms with Gasteiger partial charge in [0.15, 0.2) is 9.84 Å². The summed E-state index contributed by atoms with van der Waals surface area (Å²) < 4.78 is 23.3. The Labute approximate surface area is 95.9 Å². The third-order valence-corrected chi connectivity index (χ3v) is 5.42. The summed E-state index contributed by atoms with van der Waals surface area (Å²) in [5.41, 5.74) is -0.460. The molecule has 2 heterocycles. The summed E-state index contributed by atoms with van der Waals surface area (Å²) in [6.07, 6.45) is 1.56. The third kappa shape index (κ3) is 2.35. The van der Waals surface area contributed by atoms with Gasteiger partial charge in [-0.15, -0.1) is 5.10 Å². The highest BCUT2D eigenvalue weighted by Gasteiger charge is 2.29. The highest BCUT2D eigenvalue weighted by atomic mass is 32.2. The Morgan fingerprint density at radius 3 is 2.94 bits per heavy atom. The van der Waals surface area contributed by atoms with Gasteiger partial charge >= 0.3 is 0 Å². The van der Waals surface area contributed by atoms with Gasteiger partial charge in [-0.05, 0) is 6.42 Å². The largest absolute Gasteiger partial charge is 0.334 e. The first-order valence-corrected chi connectivity index (χ1v) is 7.25. The molecule has 1 aliphatic heterocycles. The molecule has 0 aliphatic carbocycles. The molecule has 0 bridgehead atoms. The van der Waals surface area contributed by atoms with Gasteiger partial charge in [0.05, 0.1) is 11.5 Å². The maximum absolute atomic E-state index is 11.2. The fourth-order valence-electron chi connectivity index (χ4n) is 1.42. The van der Waals surface area contributed by atoms with Crippen LogP contribution in [0.15, 0.2) is 16.1 Å². The van der Waals surface area contributed by atoms with Gasteiger partial charge in [-0.1, -0.05) is 11.8 Å². The number of thioether (sulfide) groups is 1. The first kappa shape index (κ1) is 11.4. The van der Waals surface area contributed by atoms with E-state index in [1.165, 1.54) is 11.8 Å². The first-order valence-electron chi connectivity index (χ1n) is 4.55. The number of rotatable bonds is 2. The molecule has 88 valence electrons. The number of aromatic nitrogens is 3. The Balaban J connectivity index is 2.17. The standard InChI is InChI=1S/C7H10N4O3S2/c8-11-6(12)3-9-10-7(11)15-5-1-2-16(13,14)4-5/h3,5H,1-2,4,8H2/t5-/m0/s1. The van der Waals surface area contributed by atoms with Crippen LogP contribution in [0, 0.1) is 0 Å². The van der Waals surface area contributed by atoms with Crippen molar-refractivity contribution in [2.75, 3.05) is 17.3 Å². The lowest BCUT2D eigenvalue weighted by Crippen LogP contribution is -2.30. The fourth-order valence-corrected chi connectivity index (χ4v) is 4.83. The molecule has 0 aromatic carbocycles. The minimum atomic E-state index is -2.94. The molecule has 2 N–H and O–H groups in total. The molecular formula is C7H10N4O3S2. The molecule has 1 aliphatic rings. The van der Waals surface area contributed by atoms with Crippen molar-refractivity contribution in [3.8, 4) is 0 Å². The van der Waals surface area contributed by atoms with Crippen LogP contribution in [0.5, 0.6) is 0 Å². The van der Waals surface area contributed by atoms with Crippen molar-refractivity contribution < 1.29 is 8.42 Å². The van der Waals surface area contributed by atoms with E-state index in [2.05, 4.69) is 10.2 Å². The summed E-state index contributed by atoms with van der Waals surface area (Å²) in [5, 5.41) is 7.34. The van der Waals surface area contributed by atoms with Crippen molar-refractivity contribution >= 4 is 21.6 Å². The monoisotopic (exact) mass is 262 g/mol. The molecule has 0 radical (unpaired) electrons. The van der Waals surface area contributed by atoms with Crippen LogP contribution >= 0.6 is 11.8 Å². The number of nitrogen functional groups attached to an aromatic ring is 1. The van der Waals surface area contributed by atoms with Gasteiger partial charge in [0.2, 0.25) is 5.16 Å². The highest BCUT2D eigenvalue weighted by Crippen LogP contribution is 2.28. The molecule has 1 aromatic heterocycles. The smallest absolute Gasteiger partial charge is 0.291 e. The molecule has 0 unspecified atom stereocenters. The minimum absolute atomic E-state index is 0.0996. The van der Waals surface area contributed by atoms with Crippen LogP contribution in [0.4, 0.5) is 0 Å². The van der Waals surface area contributed by atoms with E-state index in [1.54, 1.807) is 0 Å². The summed E-state index contributed by atoms with van der Waals surface area (Å²) >= 11 is 1.18. The Morgan fingerprint density at radius 2 is 2.31 bits per heavy atom. The highest BCUT2D eigenvalue weighted by molar-refractivity contribution is 8.01. The summed E-state index contributed by atoms with van der Waals surface area (Å²) in [7, 11) is -2.94. The van der Waals surface area contributed by atoms with E-state index in [-0.39, 0.29) is 21.9 Å². The van der Waals surface area contributed by atoms with Gasteiger partial charge in [0.1, 0.15) is 6.20 Å². The zero-order valence-electron chi connectivity index (χ0n) is 8.24. The van der Waals surface area contributed by atoms with Gasteiger partial charge in [-0.3, -0.25) is 4.79 Å². The van der Waals surface area contributed by atoms with Gasteiger partial charge in [0, 0.05) is 5.25 Å². The van der Waals surface area contributed by atoms with Crippen molar-refractivity contribution in [2.45, 2.75) is 16.8 Å². The Kier molecular flexibility index (Phi) is 2.89. The van der Waals surface area contributed by atoms with E-state index < -0.39 is 15.4 Å². The summed E-state index contributed by atoms with van der Waals surface area (Å²) in [6.45, 7) is 0. The van der Waals surface area contributed by atoms with Crippen molar-refractivity contribution in [3.05, 3.63) is 16.6 Å². The number of nitrogens with two attached hydrogens (primary N) is 1. The van der Waals surface area contributed by atoms with Gasteiger partial charge < -0.3 is 5.84 Å². The number of hydrogen-bond donors (Lipinski definition) is 1. The second-order valence-corrected chi connectivity index (χ2v) is 6.97. The van der Waals surface area contributed by atoms with Crippen LogP contribution < -0.4 is 11.4 Å². The van der Waals surface area contributed by atoms with Crippen LogP contribution in [0.2, 0.25) is 0 Å². The maximum atomic E-state index is 11.2.